The highest BCUT2D eigenvalue weighted by atomic mass is 79.9. The maximum Gasteiger partial charge on any atom is 0.0177 e. The first-order valence-corrected chi connectivity index (χ1v) is 8.06. The van der Waals surface area contributed by atoms with Crippen LogP contribution in [0.15, 0.2) is 28.7 Å². The van der Waals surface area contributed by atoms with Crippen LogP contribution in [-0.4, -0.2) is 12.6 Å². The molecule has 0 spiro atoms. The zero-order valence-corrected chi connectivity index (χ0v) is 12.9. The molecule has 18 heavy (non-hydrogen) atoms. The van der Waals surface area contributed by atoms with Gasteiger partial charge in [-0.05, 0) is 49.4 Å². The summed E-state index contributed by atoms with van der Waals surface area (Å²) in [7, 11) is 0. The highest BCUT2D eigenvalue weighted by molar-refractivity contribution is 9.10. The van der Waals surface area contributed by atoms with E-state index in [1.807, 2.05) is 0 Å². The number of benzene rings is 1. The third kappa shape index (κ3) is 4.10. The van der Waals surface area contributed by atoms with E-state index < -0.39 is 0 Å². The molecule has 1 aliphatic rings. The molecule has 1 saturated carbocycles. The largest absolute Gasteiger partial charge is 0.314 e. The van der Waals surface area contributed by atoms with Gasteiger partial charge in [-0.25, -0.2) is 0 Å². The second-order valence-electron chi connectivity index (χ2n) is 5.40. The van der Waals surface area contributed by atoms with Crippen molar-refractivity contribution in [2.45, 2.75) is 51.5 Å². The average Bonchev–Trinajstić information content (AvgIpc) is 2.56. The highest BCUT2D eigenvalue weighted by Gasteiger charge is 2.22. The van der Waals surface area contributed by atoms with Gasteiger partial charge < -0.3 is 5.32 Å². The van der Waals surface area contributed by atoms with E-state index in [9.17, 15) is 0 Å². The van der Waals surface area contributed by atoms with Crippen LogP contribution in [0.1, 0.15) is 44.6 Å². The highest BCUT2D eigenvalue weighted by Crippen LogP contribution is 2.27. The van der Waals surface area contributed by atoms with Crippen LogP contribution in [0.25, 0.3) is 0 Å². The van der Waals surface area contributed by atoms with Crippen LogP contribution in [0.3, 0.4) is 0 Å². The molecule has 0 aromatic heterocycles. The van der Waals surface area contributed by atoms with Crippen molar-refractivity contribution in [3.05, 3.63) is 34.3 Å². The van der Waals surface area contributed by atoms with Gasteiger partial charge in [-0.3, -0.25) is 0 Å². The van der Waals surface area contributed by atoms with Crippen molar-refractivity contribution < 1.29 is 0 Å². The van der Waals surface area contributed by atoms with E-state index in [0.717, 1.165) is 18.5 Å². The van der Waals surface area contributed by atoms with Crippen LogP contribution in [0, 0.1) is 5.92 Å². The molecule has 2 unspecified atom stereocenters. The van der Waals surface area contributed by atoms with Crippen molar-refractivity contribution in [1.29, 1.82) is 0 Å². The minimum absolute atomic E-state index is 0.719. The molecule has 1 nitrogen and oxygen atoms in total. The number of hydrogen-bond acceptors (Lipinski definition) is 1. The molecule has 0 amide bonds. The zero-order valence-electron chi connectivity index (χ0n) is 11.3. The Bertz CT molecular complexity index is 364. The molecule has 1 aromatic rings. The number of halogens is 1. The van der Waals surface area contributed by atoms with Gasteiger partial charge in [-0.1, -0.05) is 54.2 Å². The first kappa shape index (κ1) is 14.1. The Balaban J connectivity index is 2.03. The van der Waals surface area contributed by atoms with Crippen molar-refractivity contribution >= 4 is 15.9 Å². The molecule has 1 aliphatic carbocycles. The lowest BCUT2D eigenvalue weighted by molar-refractivity contribution is 0.337. The number of nitrogens with one attached hydrogen (secondary N) is 1. The van der Waals surface area contributed by atoms with E-state index >= 15 is 0 Å². The molecule has 0 radical (unpaired) electrons. The fourth-order valence-electron chi connectivity index (χ4n) is 3.13. The monoisotopic (exact) mass is 309 g/mol. The van der Waals surface area contributed by atoms with Gasteiger partial charge >= 0.3 is 0 Å². The summed E-state index contributed by atoms with van der Waals surface area (Å²) < 4.78 is 1.20. The molecule has 1 N–H and O–H groups in total. The topological polar surface area (TPSA) is 12.0 Å². The van der Waals surface area contributed by atoms with Gasteiger partial charge in [0.05, 0.1) is 0 Å². The summed E-state index contributed by atoms with van der Waals surface area (Å²) in [6, 6.07) is 9.51. The van der Waals surface area contributed by atoms with Gasteiger partial charge in [-0.2, -0.15) is 0 Å². The average molecular weight is 310 g/mol. The molecule has 2 atom stereocenters. The molecule has 0 heterocycles. The quantitative estimate of drug-likeness (QED) is 0.805. The summed E-state index contributed by atoms with van der Waals surface area (Å²) in [5, 5.41) is 3.70. The third-order valence-corrected chi connectivity index (χ3v) is 4.51. The minimum atomic E-state index is 0.719. The first-order chi connectivity index (χ1) is 8.79. The van der Waals surface area contributed by atoms with Crippen LogP contribution in [-0.2, 0) is 6.42 Å². The predicted octanol–water partition coefficient (Wildman–Crippen LogP) is 4.55. The van der Waals surface area contributed by atoms with Crippen LogP contribution in [0.2, 0.25) is 0 Å². The third-order valence-electron chi connectivity index (χ3n) is 4.01. The second-order valence-corrected chi connectivity index (χ2v) is 6.31. The lowest BCUT2D eigenvalue weighted by Crippen LogP contribution is -2.36. The maximum atomic E-state index is 3.70. The Hall–Kier alpha value is -0.340. The SMILES string of the molecule is CCNC1CCCCCC1Cc1cccc(Br)c1. The summed E-state index contributed by atoms with van der Waals surface area (Å²) in [5.74, 6) is 0.807. The Morgan fingerprint density at radius 1 is 1.22 bits per heavy atom. The van der Waals surface area contributed by atoms with Gasteiger partial charge in [0.15, 0.2) is 0 Å². The fourth-order valence-corrected chi connectivity index (χ4v) is 3.57. The number of rotatable bonds is 4. The zero-order chi connectivity index (χ0) is 12.8. The van der Waals surface area contributed by atoms with Crippen molar-refractivity contribution in [2.75, 3.05) is 6.54 Å². The van der Waals surface area contributed by atoms with Gasteiger partial charge in [-0.15, -0.1) is 0 Å². The lowest BCUT2D eigenvalue weighted by atomic mass is 9.88. The van der Waals surface area contributed by atoms with Crippen molar-refractivity contribution in [3.8, 4) is 0 Å². The molecular formula is C16H24BrN. The van der Waals surface area contributed by atoms with Crippen LogP contribution in [0.5, 0.6) is 0 Å². The van der Waals surface area contributed by atoms with Crippen LogP contribution < -0.4 is 5.32 Å². The van der Waals surface area contributed by atoms with E-state index in [4.69, 9.17) is 0 Å². The van der Waals surface area contributed by atoms with Crippen molar-refractivity contribution in [1.82, 2.24) is 5.32 Å². The molecule has 2 heteroatoms. The van der Waals surface area contributed by atoms with E-state index in [1.165, 1.54) is 48.6 Å². The molecule has 100 valence electrons. The second kappa shape index (κ2) is 7.30. The fraction of sp³-hybridized carbons (Fsp3) is 0.625. The Morgan fingerprint density at radius 3 is 2.83 bits per heavy atom. The normalized spacial score (nSPS) is 24.8. The van der Waals surface area contributed by atoms with Crippen molar-refractivity contribution in [2.24, 2.45) is 5.92 Å². The molecule has 0 bridgehead atoms. The molecule has 0 saturated heterocycles. The summed E-state index contributed by atoms with van der Waals surface area (Å²) in [6.45, 7) is 3.32. The molecule has 2 rings (SSSR count). The van der Waals surface area contributed by atoms with Crippen LogP contribution >= 0.6 is 15.9 Å². The van der Waals surface area contributed by atoms with E-state index in [2.05, 4.69) is 52.4 Å². The lowest BCUT2D eigenvalue weighted by Gasteiger charge is -2.26. The van der Waals surface area contributed by atoms with Gasteiger partial charge in [0.1, 0.15) is 0 Å². The molecular weight excluding hydrogens is 286 g/mol. The summed E-state index contributed by atoms with van der Waals surface area (Å²) in [4.78, 5) is 0. The minimum Gasteiger partial charge on any atom is -0.314 e. The first-order valence-electron chi connectivity index (χ1n) is 7.27. The summed E-state index contributed by atoms with van der Waals surface area (Å²) in [5.41, 5.74) is 1.47. The maximum absolute atomic E-state index is 3.70. The smallest absolute Gasteiger partial charge is 0.0177 e. The Labute approximate surface area is 119 Å². The van der Waals surface area contributed by atoms with E-state index in [0.29, 0.717) is 0 Å². The Morgan fingerprint density at radius 2 is 2.06 bits per heavy atom. The van der Waals surface area contributed by atoms with Gasteiger partial charge in [0, 0.05) is 10.5 Å². The summed E-state index contributed by atoms with van der Waals surface area (Å²) >= 11 is 3.57. The predicted molar refractivity (Wildman–Crippen MR) is 81.9 cm³/mol. The van der Waals surface area contributed by atoms with Crippen LogP contribution in [0.4, 0.5) is 0 Å². The number of hydrogen-bond donors (Lipinski definition) is 1. The van der Waals surface area contributed by atoms with E-state index in [1.54, 1.807) is 0 Å². The molecule has 0 aliphatic heterocycles. The van der Waals surface area contributed by atoms with Crippen molar-refractivity contribution in [3.63, 3.8) is 0 Å². The Kier molecular flexibility index (Phi) is 5.71. The summed E-state index contributed by atoms with van der Waals surface area (Å²) in [6.07, 6.45) is 8.16. The standard InChI is InChI=1S/C16H24BrN/c1-2-18-16-10-5-3-4-8-14(16)11-13-7-6-9-15(17)12-13/h6-7,9,12,14,16,18H,2-5,8,10-11H2,1H3. The van der Waals surface area contributed by atoms with Gasteiger partial charge in [0.2, 0.25) is 0 Å². The molecule has 1 aromatic carbocycles. The van der Waals surface area contributed by atoms with Gasteiger partial charge in [0.25, 0.3) is 0 Å². The van der Waals surface area contributed by atoms with E-state index in [-0.39, 0.29) is 0 Å². The molecule has 1 fully saturated rings.